The highest BCUT2D eigenvalue weighted by Gasteiger charge is 2.33. The van der Waals surface area contributed by atoms with Crippen LogP contribution in [0.25, 0.3) is 77.5 Å². The third-order valence-electron chi connectivity index (χ3n) is 13.6. The van der Waals surface area contributed by atoms with Gasteiger partial charge in [0.2, 0.25) is 17.8 Å². The summed E-state index contributed by atoms with van der Waals surface area (Å²) in [6.45, 7) is 8.61. The van der Waals surface area contributed by atoms with E-state index < -0.39 is 0 Å². The molecule has 0 saturated carbocycles. The minimum Gasteiger partial charge on any atom is -0.300 e. The van der Waals surface area contributed by atoms with Crippen LogP contribution in [0.5, 0.6) is 0 Å². The fourth-order valence-corrected chi connectivity index (χ4v) is 12.5. The molecule has 0 fully saturated rings. The zero-order valence-electron chi connectivity index (χ0n) is 38.6. The van der Waals surface area contributed by atoms with Crippen molar-refractivity contribution in [2.45, 2.75) is 14.7 Å². The number of nitrogens with zero attached hydrogens (tertiary/aromatic N) is 7. The second-order valence-corrected chi connectivity index (χ2v) is 19.7. The van der Waals surface area contributed by atoms with Gasteiger partial charge in [-0.2, -0.15) is 15.0 Å². The van der Waals surface area contributed by atoms with Gasteiger partial charge in [0.15, 0.2) is 0 Å². The van der Waals surface area contributed by atoms with Crippen molar-refractivity contribution in [3.05, 3.63) is 248 Å². The number of rotatable bonds is 8. The van der Waals surface area contributed by atoms with Crippen LogP contribution in [0, 0.1) is 12.1 Å². The van der Waals surface area contributed by atoms with E-state index in [1.54, 1.807) is 23.5 Å². The molecule has 0 N–H and O–H groups in total. The number of benzene rings is 8. The number of hydrogen-bond donors (Lipinski definition) is 0. The Morgan fingerprint density at radius 2 is 0.917 bits per heavy atom. The van der Waals surface area contributed by atoms with Gasteiger partial charge in [-0.25, -0.2) is 0 Å². The lowest BCUT2D eigenvalue weighted by atomic mass is 10.0. The predicted octanol–water partition coefficient (Wildman–Crippen LogP) is 16.8. The highest BCUT2D eigenvalue weighted by atomic mass is 32.2. The van der Waals surface area contributed by atoms with E-state index in [2.05, 4.69) is 232 Å². The van der Waals surface area contributed by atoms with Crippen molar-refractivity contribution in [3.8, 4) is 33.9 Å². The van der Waals surface area contributed by atoms with Crippen molar-refractivity contribution in [2.75, 3.05) is 9.80 Å². The van der Waals surface area contributed by atoms with Crippen molar-refractivity contribution in [3.63, 3.8) is 0 Å². The predicted molar refractivity (Wildman–Crippen MR) is 298 cm³/mol. The molecule has 338 valence electrons. The van der Waals surface area contributed by atoms with E-state index in [0.717, 1.165) is 114 Å². The summed E-state index contributed by atoms with van der Waals surface area (Å²) < 4.78 is 4.58. The molecule has 0 amide bonds. The van der Waals surface area contributed by atoms with Gasteiger partial charge >= 0.3 is 0 Å². The molecule has 0 spiro atoms. The number of anilines is 5. The van der Waals surface area contributed by atoms with E-state index in [-0.39, 0.29) is 0 Å². The summed E-state index contributed by atoms with van der Waals surface area (Å²) in [4.78, 5) is 25.3. The van der Waals surface area contributed by atoms with Crippen molar-refractivity contribution < 1.29 is 0 Å². The van der Waals surface area contributed by atoms with Crippen LogP contribution in [0.15, 0.2) is 251 Å². The molecule has 12 aromatic rings. The van der Waals surface area contributed by atoms with Crippen LogP contribution in [-0.2, 0) is 0 Å². The number of allylic oxidation sites excluding steroid dienone is 2. The molecule has 5 heterocycles. The van der Waals surface area contributed by atoms with E-state index in [1.165, 1.54) is 0 Å². The molecule has 0 aliphatic carbocycles. The lowest BCUT2D eigenvalue weighted by molar-refractivity contribution is 0.899. The number of thioether (sulfide) groups is 1. The largest absolute Gasteiger partial charge is 0.300 e. The van der Waals surface area contributed by atoms with Crippen LogP contribution in [0.4, 0.5) is 29.0 Å². The van der Waals surface area contributed by atoms with E-state index in [4.69, 9.17) is 15.0 Å². The molecule has 72 heavy (non-hydrogen) atoms. The topological polar surface area (TPSA) is 55.0 Å². The molecule has 7 nitrogen and oxygen atoms in total. The summed E-state index contributed by atoms with van der Waals surface area (Å²) >= 11 is 3.41. The van der Waals surface area contributed by atoms with Crippen LogP contribution >= 0.6 is 23.5 Å². The minimum absolute atomic E-state index is 0.437. The maximum Gasteiger partial charge on any atom is 0.241 e. The third-order valence-corrected chi connectivity index (χ3v) is 15.9. The summed E-state index contributed by atoms with van der Waals surface area (Å²) in [5.41, 5.74) is 13.1. The molecular formula is C63H39N7S2. The van der Waals surface area contributed by atoms with E-state index >= 15 is 0 Å². The Bertz CT molecular complexity index is 4170. The van der Waals surface area contributed by atoms with Crippen LogP contribution < -0.4 is 9.80 Å². The van der Waals surface area contributed by atoms with Gasteiger partial charge in [-0.3, -0.25) is 18.9 Å². The average molecular weight is 958 g/mol. The maximum absolute atomic E-state index is 5.68. The Labute approximate surface area is 424 Å². The first-order valence-corrected chi connectivity index (χ1v) is 25.3. The third kappa shape index (κ3) is 6.54. The Morgan fingerprint density at radius 3 is 1.47 bits per heavy atom. The van der Waals surface area contributed by atoms with E-state index in [1.807, 2.05) is 24.3 Å². The summed E-state index contributed by atoms with van der Waals surface area (Å²) in [7, 11) is 0. The lowest BCUT2D eigenvalue weighted by Crippen LogP contribution is -2.25. The van der Waals surface area contributed by atoms with Crippen molar-refractivity contribution in [2.24, 2.45) is 0 Å². The smallest absolute Gasteiger partial charge is 0.241 e. The molecule has 3 aromatic heterocycles. The number of aromatic nitrogens is 5. The first-order valence-electron chi connectivity index (χ1n) is 23.7. The van der Waals surface area contributed by atoms with E-state index in [9.17, 15) is 0 Å². The van der Waals surface area contributed by atoms with Gasteiger partial charge in [-0.05, 0) is 107 Å². The van der Waals surface area contributed by atoms with Crippen LogP contribution in [-0.4, -0.2) is 24.1 Å². The maximum atomic E-state index is 5.68. The second kappa shape index (κ2) is 16.8. The highest BCUT2D eigenvalue weighted by Crippen LogP contribution is 2.52. The van der Waals surface area contributed by atoms with Crippen molar-refractivity contribution >= 4 is 96.1 Å². The second-order valence-electron chi connectivity index (χ2n) is 17.6. The lowest BCUT2D eigenvalue weighted by Gasteiger charge is -2.34. The van der Waals surface area contributed by atoms with Crippen LogP contribution in [0.2, 0.25) is 0 Å². The molecule has 2 aliphatic heterocycles. The van der Waals surface area contributed by atoms with Gasteiger partial charge in [0.1, 0.15) is 0 Å². The van der Waals surface area contributed by atoms with Crippen molar-refractivity contribution in [1.82, 2.24) is 24.1 Å². The number of fused-ring (bicyclic) bond motifs is 10. The van der Waals surface area contributed by atoms with Crippen molar-refractivity contribution in [1.29, 1.82) is 0 Å². The Kier molecular flexibility index (Phi) is 9.78. The summed E-state index contributed by atoms with van der Waals surface area (Å²) in [5, 5.41) is 4.31. The van der Waals surface area contributed by atoms with Gasteiger partial charge in [-0.1, -0.05) is 176 Å². The fraction of sp³-hybridized carbons (Fsp3) is 0. The van der Waals surface area contributed by atoms with Gasteiger partial charge in [-0.15, -0.1) is 0 Å². The van der Waals surface area contributed by atoms with Crippen LogP contribution in [0.3, 0.4) is 0 Å². The van der Waals surface area contributed by atoms with E-state index in [0.29, 0.717) is 17.8 Å². The zero-order valence-corrected chi connectivity index (χ0v) is 40.2. The molecule has 0 unspecified atom stereocenters. The normalized spacial score (nSPS) is 13.1. The van der Waals surface area contributed by atoms with Gasteiger partial charge in [0.05, 0.1) is 50.5 Å². The van der Waals surface area contributed by atoms with Gasteiger partial charge < -0.3 is 0 Å². The summed E-state index contributed by atoms with van der Waals surface area (Å²) in [6.07, 6.45) is 3.76. The Balaban J connectivity index is 1.15. The minimum atomic E-state index is 0.437. The fourth-order valence-electron chi connectivity index (χ4n) is 10.4. The Hall–Kier alpha value is -9.07. The molecule has 0 saturated heterocycles. The monoisotopic (exact) mass is 957 g/mol. The SMILES string of the molecule is C=CC1=C(C=C)N(c2nc(N3c4ccccc4Sc4ccccc43)nc(-n3c4ccc(-c5ccccc5)cc4c4ccc5c6cc(-c7ccccc7)ccc6n(-c6c#cccc6)c5c43)n2)c2ccccc2S1. The quantitative estimate of drug-likeness (QED) is 0.150. The van der Waals surface area contributed by atoms with Gasteiger partial charge in [0.25, 0.3) is 0 Å². The average Bonchev–Trinajstić information content (AvgIpc) is 3.97. The molecule has 0 bridgehead atoms. The first-order chi connectivity index (χ1) is 35.6. The summed E-state index contributed by atoms with van der Waals surface area (Å²) in [6, 6.07) is 77.2. The standard InChI is InChI=1S/C63H39N7S2/c1-3-49-55(4-2)71-56-29-17-14-26-52(56)68(49)61-64-62(69-53-27-15-18-30-57(53)72-58-31-19-16-28-54(58)69)66-63(65-61)70-51-37-33-43(41-22-10-6-11-23-41)39-48(51)46-35-34-45-47-38-42(40-20-8-5-9-21-40)32-36-50(47)67(59(45)60(46)70)44-24-12-7-13-25-44/h3-12,14-24,26-39H,1-2H2. The summed E-state index contributed by atoms with van der Waals surface area (Å²) in [5.74, 6) is 1.36. The first kappa shape index (κ1) is 41.9. The zero-order chi connectivity index (χ0) is 47.9. The highest BCUT2D eigenvalue weighted by molar-refractivity contribution is 8.03. The molecule has 0 radical (unpaired) electrons. The molecule has 9 heteroatoms. The molecular weight excluding hydrogens is 919 g/mol. The van der Waals surface area contributed by atoms with Crippen LogP contribution in [0.1, 0.15) is 0 Å². The molecule has 2 aliphatic rings. The molecule has 14 rings (SSSR count). The molecule has 9 aromatic carbocycles. The Morgan fingerprint density at radius 1 is 0.417 bits per heavy atom. The number of para-hydroxylation sites is 3. The molecule has 0 atom stereocenters. The number of hydrogen-bond acceptors (Lipinski definition) is 7. The van der Waals surface area contributed by atoms with Gasteiger partial charge in [0, 0.05) is 41.1 Å².